The summed E-state index contributed by atoms with van der Waals surface area (Å²) in [6, 6.07) is 25.6. The predicted octanol–water partition coefficient (Wildman–Crippen LogP) is 5.55. The first kappa shape index (κ1) is 24.1. The highest BCUT2D eigenvalue weighted by Crippen LogP contribution is 2.32. The number of amides is 1. The molecule has 1 amide bonds. The van der Waals surface area contributed by atoms with E-state index in [0.29, 0.717) is 16.6 Å². The molecule has 7 nitrogen and oxygen atoms in total. The van der Waals surface area contributed by atoms with Gasteiger partial charge in [0, 0.05) is 41.4 Å². The lowest BCUT2D eigenvalue weighted by atomic mass is 10.0. The van der Waals surface area contributed by atoms with Crippen molar-refractivity contribution < 1.29 is 13.2 Å². The molecule has 1 aliphatic heterocycles. The van der Waals surface area contributed by atoms with Crippen molar-refractivity contribution in [2.75, 3.05) is 13.1 Å². The second-order valence-electron chi connectivity index (χ2n) is 9.55. The minimum absolute atomic E-state index is 0.0524. The first-order chi connectivity index (χ1) is 18.4. The molecule has 6 rings (SSSR count). The number of hydrogen-bond acceptors (Lipinski definition) is 5. The molecule has 38 heavy (non-hydrogen) atoms. The quantitative estimate of drug-likeness (QED) is 0.302. The molecule has 0 radical (unpaired) electrons. The van der Waals surface area contributed by atoms with Gasteiger partial charge in [0.15, 0.2) is 5.65 Å². The summed E-state index contributed by atoms with van der Waals surface area (Å²) < 4.78 is 28.2. The van der Waals surface area contributed by atoms with Crippen molar-refractivity contribution in [2.24, 2.45) is 0 Å². The Bertz CT molecular complexity index is 1740. The molecule has 8 heteroatoms. The van der Waals surface area contributed by atoms with Crippen LogP contribution in [0.1, 0.15) is 28.8 Å². The number of fused-ring (bicyclic) bond motifs is 1. The smallest absolute Gasteiger partial charge is 0.284 e. The van der Waals surface area contributed by atoms with Crippen LogP contribution in [-0.2, 0) is 10.0 Å². The van der Waals surface area contributed by atoms with Crippen molar-refractivity contribution in [3.63, 3.8) is 0 Å². The number of carbonyl (C=O) groups excluding carboxylic acids is 1. The zero-order valence-electron chi connectivity index (χ0n) is 20.9. The van der Waals surface area contributed by atoms with Gasteiger partial charge >= 0.3 is 0 Å². The van der Waals surface area contributed by atoms with Crippen LogP contribution in [-0.4, -0.2) is 46.5 Å². The average Bonchev–Trinajstić information content (AvgIpc) is 3.62. The molecule has 1 saturated heterocycles. The van der Waals surface area contributed by atoms with Gasteiger partial charge in [0.25, 0.3) is 15.9 Å². The van der Waals surface area contributed by atoms with E-state index in [9.17, 15) is 13.2 Å². The van der Waals surface area contributed by atoms with Crippen LogP contribution in [0.4, 0.5) is 0 Å². The standard InChI is InChI=1S/C30H26N4O3S/c1-21-9-15-26(16-10-21)38(36,37)34-29-27(28(32-34)23-7-3-2-4-8-23)19-25(20-31-29)22-11-13-24(14-12-22)30(35)33-17-5-6-18-33/h2-4,7-16,19-20H,5-6,17-18H2,1H3. The Hall–Kier alpha value is -4.30. The molecule has 3 aromatic carbocycles. The van der Waals surface area contributed by atoms with Crippen molar-refractivity contribution in [1.82, 2.24) is 19.1 Å². The SMILES string of the molecule is Cc1ccc(S(=O)(=O)n2nc(-c3ccccc3)c3cc(-c4ccc(C(=O)N5CCCC5)cc4)cnc32)cc1. The Balaban J connectivity index is 1.45. The summed E-state index contributed by atoms with van der Waals surface area (Å²) in [5, 5.41) is 5.19. The third-order valence-corrected chi connectivity index (χ3v) is 8.52. The number of carbonyl (C=O) groups is 1. The number of hydrogen-bond donors (Lipinski definition) is 0. The fourth-order valence-corrected chi connectivity index (χ4v) is 6.07. The number of aryl methyl sites for hydroxylation is 1. The van der Waals surface area contributed by atoms with Crippen LogP contribution in [0.25, 0.3) is 33.4 Å². The molecular weight excluding hydrogens is 496 g/mol. The van der Waals surface area contributed by atoms with Gasteiger partial charge in [-0.25, -0.2) is 4.98 Å². The summed E-state index contributed by atoms with van der Waals surface area (Å²) in [7, 11) is -3.97. The van der Waals surface area contributed by atoms with Crippen molar-refractivity contribution in [3.8, 4) is 22.4 Å². The van der Waals surface area contributed by atoms with Crippen LogP contribution in [0.2, 0.25) is 0 Å². The van der Waals surface area contributed by atoms with Crippen LogP contribution in [0.15, 0.2) is 96.0 Å². The molecule has 1 fully saturated rings. The van der Waals surface area contributed by atoms with Gasteiger partial charge in [-0.1, -0.05) is 60.2 Å². The third kappa shape index (κ3) is 4.26. The fraction of sp³-hybridized carbons (Fsp3) is 0.167. The number of rotatable bonds is 5. The number of likely N-dealkylation sites (tertiary alicyclic amines) is 1. The molecule has 190 valence electrons. The largest absolute Gasteiger partial charge is 0.339 e. The summed E-state index contributed by atoms with van der Waals surface area (Å²) in [6.07, 6.45) is 3.75. The van der Waals surface area contributed by atoms with Crippen molar-refractivity contribution in [1.29, 1.82) is 0 Å². The van der Waals surface area contributed by atoms with E-state index in [2.05, 4.69) is 10.1 Å². The van der Waals surface area contributed by atoms with Gasteiger partial charge in [0.1, 0.15) is 5.69 Å². The molecule has 0 N–H and O–H groups in total. The highest BCUT2D eigenvalue weighted by Gasteiger charge is 2.25. The maximum Gasteiger partial charge on any atom is 0.284 e. The summed E-state index contributed by atoms with van der Waals surface area (Å²) in [5.74, 6) is 0.0524. The number of benzene rings is 3. The van der Waals surface area contributed by atoms with Crippen LogP contribution in [0.3, 0.4) is 0 Å². The maximum absolute atomic E-state index is 13.6. The monoisotopic (exact) mass is 522 g/mol. The van der Waals surface area contributed by atoms with Gasteiger partial charge in [0.2, 0.25) is 0 Å². The number of aromatic nitrogens is 3. The highest BCUT2D eigenvalue weighted by atomic mass is 32.2. The Morgan fingerprint density at radius 2 is 1.50 bits per heavy atom. The second-order valence-corrected chi connectivity index (χ2v) is 11.3. The van der Waals surface area contributed by atoms with Crippen molar-refractivity contribution in [3.05, 3.63) is 102 Å². The first-order valence-corrected chi connectivity index (χ1v) is 14.0. The van der Waals surface area contributed by atoms with E-state index < -0.39 is 10.0 Å². The molecule has 0 aliphatic carbocycles. The summed E-state index contributed by atoms with van der Waals surface area (Å²) in [6.45, 7) is 3.52. The highest BCUT2D eigenvalue weighted by molar-refractivity contribution is 7.90. The van der Waals surface area contributed by atoms with Crippen LogP contribution < -0.4 is 0 Å². The second kappa shape index (κ2) is 9.54. The zero-order valence-corrected chi connectivity index (χ0v) is 21.7. The lowest BCUT2D eigenvalue weighted by Crippen LogP contribution is -2.27. The molecule has 0 spiro atoms. The van der Waals surface area contributed by atoms with Crippen LogP contribution in [0, 0.1) is 6.92 Å². The molecule has 5 aromatic rings. The lowest BCUT2D eigenvalue weighted by molar-refractivity contribution is 0.0793. The molecule has 2 aromatic heterocycles. The Labute approximate surface area is 221 Å². The normalized spacial score (nSPS) is 13.8. The van der Waals surface area contributed by atoms with Gasteiger partial charge in [-0.2, -0.15) is 13.5 Å². The van der Waals surface area contributed by atoms with Crippen molar-refractivity contribution in [2.45, 2.75) is 24.7 Å². The molecular formula is C30H26N4O3S. The van der Waals surface area contributed by atoms with Gasteiger partial charge in [-0.3, -0.25) is 4.79 Å². The van der Waals surface area contributed by atoms with Gasteiger partial charge in [0.05, 0.1) is 4.90 Å². The molecule has 0 atom stereocenters. The Morgan fingerprint density at radius 3 is 2.18 bits per heavy atom. The Kier molecular flexibility index (Phi) is 6.04. The number of nitrogens with zero attached hydrogens (tertiary/aromatic N) is 4. The summed E-state index contributed by atoms with van der Waals surface area (Å²) in [5.41, 5.74) is 4.90. The molecule has 0 unspecified atom stereocenters. The van der Waals surface area contributed by atoms with E-state index >= 15 is 0 Å². The topological polar surface area (TPSA) is 85.2 Å². The maximum atomic E-state index is 13.6. The van der Waals surface area contributed by atoms with Gasteiger partial charge in [-0.15, -0.1) is 4.09 Å². The molecule has 1 aliphatic rings. The number of pyridine rings is 1. The van der Waals surface area contributed by atoms with Gasteiger partial charge in [-0.05, 0) is 55.7 Å². The average molecular weight is 523 g/mol. The van der Waals surface area contributed by atoms with E-state index in [4.69, 9.17) is 0 Å². The van der Waals surface area contributed by atoms with E-state index in [1.165, 1.54) is 0 Å². The zero-order chi connectivity index (χ0) is 26.3. The minimum Gasteiger partial charge on any atom is -0.339 e. The van der Waals surface area contributed by atoms with E-state index in [1.54, 1.807) is 30.5 Å². The summed E-state index contributed by atoms with van der Waals surface area (Å²) in [4.78, 5) is 19.4. The van der Waals surface area contributed by atoms with E-state index in [1.807, 2.05) is 72.5 Å². The fourth-order valence-electron chi connectivity index (χ4n) is 4.83. The van der Waals surface area contributed by atoms with E-state index in [-0.39, 0.29) is 16.4 Å². The lowest BCUT2D eigenvalue weighted by Gasteiger charge is -2.15. The van der Waals surface area contributed by atoms with E-state index in [0.717, 1.165) is 52.3 Å². The molecule has 0 saturated carbocycles. The van der Waals surface area contributed by atoms with Crippen LogP contribution >= 0.6 is 0 Å². The van der Waals surface area contributed by atoms with Crippen LogP contribution in [0.5, 0.6) is 0 Å². The van der Waals surface area contributed by atoms with Gasteiger partial charge < -0.3 is 4.90 Å². The third-order valence-electron chi connectivity index (χ3n) is 6.95. The predicted molar refractivity (Wildman–Crippen MR) is 147 cm³/mol. The first-order valence-electron chi connectivity index (χ1n) is 12.6. The van der Waals surface area contributed by atoms with Crippen molar-refractivity contribution >= 4 is 27.0 Å². The minimum atomic E-state index is -3.97. The Morgan fingerprint density at radius 1 is 0.816 bits per heavy atom. The molecule has 3 heterocycles. The molecule has 0 bridgehead atoms. The summed E-state index contributed by atoms with van der Waals surface area (Å²) >= 11 is 0.